The number of hydrogen-bond acceptors (Lipinski definition) is 6. The van der Waals surface area contributed by atoms with E-state index >= 15 is 0 Å². The number of hydrogen-bond donors (Lipinski definition) is 1. The Kier molecular flexibility index (Phi) is 6.48. The smallest absolute Gasteiger partial charge is 0.311 e. The third-order valence-electron chi connectivity index (χ3n) is 7.05. The highest BCUT2D eigenvalue weighted by atomic mass is 35.5. The van der Waals surface area contributed by atoms with Gasteiger partial charge in [-0.3, -0.25) is 14.4 Å². The third-order valence-corrected chi connectivity index (χ3v) is 9.04. The molecule has 1 aromatic carbocycles. The van der Waals surface area contributed by atoms with Crippen molar-refractivity contribution in [2.75, 3.05) is 31.2 Å². The molecule has 5 rings (SSSR count). The van der Waals surface area contributed by atoms with E-state index in [0.29, 0.717) is 30.3 Å². The van der Waals surface area contributed by atoms with Gasteiger partial charge in [0, 0.05) is 35.7 Å². The van der Waals surface area contributed by atoms with Crippen LogP contribution in [0.2, 0.25) is 5.02 Å². The van der Waals surface area contributed by atoms with E-state index in [1.54, 1.807) is 34.1 Å². The Morgan fingerprint density at radius 3 is 2.71 bits per heavy atom. The zero-order valence-electron chi connectivity index (χ0n) is 18.6. The predicted molar refractivity (Wildman–Crippen MR) is 131 cm³/mol. The molecule has 5 atom stereocenters. The number of thioether (sulfide) groups is 1. The number of aliphatic hydroxyl groups is 1. The highest BCUT2D eigenvalue weighted by Crippen LogP contribution is 2.60. The summed E-state index contributed by atoms with van der Waals surface area (Å²) in [5.74, 6) is -2.15. The van der Waals surface area contributed by atoms with Gasteiger partial charge in [0.1, 0.15) is 6.04 Å². The molecule has 1 spiro atoms. The van der Waals surface area contributed by atoms with Crippen LogP contribution < -0.4 is 4.90 Å². The Balaban J connectivity index is 1.60. The number of allylic oxidation sites excluding steroid dienone is 1. The summed E-state index contributed by atoms with van der Waals surface area (Å²) in [6, 6.07) is 6.26. The lowest BCUT2D eigenvalue weighted by molar-refractivity contribution is -0.153. The number of rotatable bonds is 4. The van der Waals surface area contributed by atoms with Crippen LogP contribution >= 0.6 is 23.4 Å². The number of amides is 2. The molecule has 4 aliphatic heterocycles. The predicted octanol–water partition coefficient (Wildman–Crippen LogP) is 2.82. The summed E-state index contributed by atoms with van der Waals surface area (Å²) in [7, 11) is 0. The van der Waals surface area contributed by atoms with Crippen LogP contribution in [-0.4, -0.2) is 70.1 Å². The van der Waals surface area contributed by atoms with Crippen molar-refractivity contribution in [3.05, 3.63) is 53.6 Å². The lowest BCUT2D eigenvalue weighted by Crippen LogP contribution is -2.53. The minimum Gasteiger partial charge on any atom is -0.465 e. The van der Waals surface area contributed by atoms with Crippen molar-refractivity contribution in [1.29, 1.82) is 0 Å². The molecule has 4 heterocycles. The fraction of sp³-hybridized carbons (Fsp3) is 0.480. The lowest BCUT2D eigenvalue weighted by atomic mass is 9.78. The van der Waals surface area contributed by atoms with Gasteiger partial charge in [-0.05, 0) is 43.5 Å². The molecule has 0 aliphatic carbocycles. The summed E-state index contributed by atoms with van der Waals surface area (Å²) in [4.78, 5) is 44.4. The van der Waals surface area contributed by atoms with Crippen LogP contribution in [0.15, 0.2) is 48.6 Å². The zero-order valence-corrected chi connectivity index (χ0v) is 20.2. The van der Waals surface area contributed by atoms with Crippen LogP contribution in [0.25, 0.3) is 0 Å². The summed E-state index contributed by atoms with van der Waals surface area (Å²) in [5.41, 5.74) is 0.693. The van der Waals surface area contributed by atoms with Crippen LogP contribution in [0.4, 0.5) is 5.69 Å². The van der Waals surface area contributed by atoms with Gasteiger partial charge in [0.25, 0.3) is 5.91 Å². The summed E-state index contributed by atoms with van der Waals surface area (Å²) in [6.45, 7) is 0.823. The van der Waals surface area contributed by atoms with E-state index in [9.17, 15) is 19.5 Å². The second-order valence-corrected chi connectivity index (χ2v) is 10.9. The van der Waals surface area contributed by atoms with E-state index in [4.69, 9.17) is 16.3 Å². The highest BCUT2D eigenvalue weighted by Gasteiger charge is 2.70. The summed E-state index contributed by atoms with van der Waals surface area (Å²) >= 11 is 7.58. The maximum absolute atomic E-state index is 14.1. The van der Waals surface area contributed by atoms with E-state index in [0.717, 1.165) is 12.8 Å². The largest absolute Gasteiger partial charge is 0.465 e. The molecule has 9 heteroatoms. The lowest BCUT2D eigenvalue weighted by Gasteiger charge is -2.35. The first kappa shape index (κ1) is 23.5. The van der Waals surface area contributed by atoms with E-state index in [1.165, 1.54) is 11.8 Å². The Morgan fingerprint density at radius 1 is 1.15 bits per heavy atom. The van der Waals surface area contributed by atoms with Crippen LogP contribution in [-0.2, 0) is 19.1 Å². The second-order valence-electron chi connectivity index (χ2n) is 9.02. The van der Waals surface area contributed by atoms with Crippen LogP contribution in [0.1, 0.15) is 19.3 Å². The Labute approximate surface area is 207 Å². The van der Waals surface area contributed by atoms with Gasteiger partial charge in [0.15, 0.2) is 0 Å². The molecule has 1 N–H and O–H groups in total. The van der Waals surface area contributed by atoms with E-state index in [-0.39, 0.29) is 36.2 Å². The van der Waals surface area contributed by atoms with Gasteiger partial charge in [0.05, 0.1) is 23.2 Å². The van der Waals surface area contributed by atoms with Crippen molar-refractivity contribution >= 4 is 46.8 Å². The van der Waals surface area contributed by atoms with Crippen LogP contribution in [0.5, 0.6) is 0 Å². The first-order chi connectivity index (χ1) is 16.5. The summed E-state index contributed by atoms with van der Waals surface area (Å²) in [5, 5.41) is 9.79. The number of benzene rings is 1. The number of cyclic esters (lactones) is 1. The Bertz CT molecular complexity index is 1040. The number of anilines is 1. The van der Waals surface area contributed by atoms with Gasteiger partial charge in [0.2, 0.25) is 5.91 Å². The number of fused-ring (bicyclic) bond motifs is 2. The monoisotopic (exact) mass is 502 g/mol. The summed E-state index contributed by atoms with van der Waals surface area (Å²) < 4.78 is 4.66. The molecule has 0 bridgehead atoms. The van der Waals surface area contributed by atoms with Gasteiger partial charge in [-0.25, -0.2) is 0 Å². The van der Waals surface area contributed by atoms with E-state index in [2.05, 4.69) is 6.08 Å². The molecule has 2 amide bonds. The highest BCUT2D eigenvalue weighted by molar-refractivity contribution is 8.02. The Morgan fingerprint density at radius 2 is 1.94 bits per heavy atom. The number of nitrogens with zero attached hydrogens (tertiary/aromatic N) is 2. The van der Waals surface area contributed by atoms with Crippen molar-refractivity contribution < 1.29 is 24.2 Å². The molecule has 1 unspecified atom stereocenters. The van der Waals surface area contributed by atoms with Gasteiger partial charge in [-0.1, -0.05) is 35.9 Å². The fourth-order valence-electron chi connectivity index (χ4n) is 5.59. The molecule has 180 valence electrons. The molecule has 0 aromatic heterocycles. The van der Waals surface area contributed by atoms with Gasteiger partial charge in [-0.2, -0.15) is 0 Å². The second kappa shape index (κ2) is 9.40. The third kappa shape index (κ3) is 3.76. The molecule has 0 radical (unpaired) electrons. The van der Waals surface area contributed by atoms with Crippen molar-refractivity contribution in [2.24, 2.45) is 11.8 Å². The zero-order chi connectivity index (χ0) is 23.9. The van der Waals surface area contributed by atoms with Crippen LogP contribution in [0.3, 0.4) is 0 Å². The molecule has 34 heavy (non-hydrogen) atoms. The molecule has 0 saturated carbocycles. The van der Waals surface area contributed by atoms with Crippen molar-refractivity contribution in [2.45, 2.75) is 35.3 Å². The summed E-state index contributed by atoms with van der Waals surface area (Å²) in [6.07, 6.45) is 9.86. The van der Waals surface area contributed by atoms with Crippen molar-refractivity contribution in [3.8, 4) is 0 Å². The normalized spacial score (nSPS) is 33.9. The number of carbonyl (C=O) groups excluding carboxylic acids is 3. The number of aliphatic hydroxyl groups excluding tert-OH is 1. The van der Waals surface area contributed by atoms with Crippen molar-refractivity contribution in [1.82, 2.24) is 4.90 Å². The van der Waals surface area contributed by atoms with E-state index in [1.807, 2.05) is 18.2 Å². The average Bonchev–Trinajstić information content (AvgIpc) is 3.23. The minimum absolute atomic E-state index is 0.0942. The maximum Gasteiger partial charge on any atom is 0.311 e. The van der Waals surface area contributed by atoms with Gasteiger partial charge >= 0.3 is 5.97 Å². The average molecular weight is 503 g/mol. The van der Waals surface area contributed by atoms with Gasteiger partial charge in [-0.15, -0.1) is 11.8 Å². The quantitative estimate of drug-likeness (QED) is 0.503. The van der Waals surface area contributed by atoms with Gasteiger partial charge < -0.3 is 19.6 Å². The van der Waals surface area contributed by atoms with E-state index < -0.39 is 22.6 Å². The topological polar surface area (TPSA) is 87.2 Å². The number of carbonyl (C=O) groups is 3. The fourth-order valence-corrected chi connectivity index (χ4v) is 7.71. The standard InChI is InChI=1S/C25H27ClN2O5S/c26-16-7-9-17(10-8-16)27-12-4-11-25-20(22(30)28(13-5-14-29)21(25)23(27)31)19-18(34-25)6-2-1-3-15-33-24(19)32/h2,4,6-11,18-21,29H,1,3,5,12-15H2/b6-2-/t18-,19+,20+,21?,25+/m1/s1. The SMILES string of the molecule is O=C1OCCC/C=C\[C@H]2S[C@]34C=CCN(c5ccc(Cl)cc5)C(=O)C3N(CCCO)C(=O)[C@@H]4[C@@H]12. The molecular formula is C25H27ClN2O5S. The first-order valence-electron chi connectivity index (χ1n) is 11.6. The molecule has 2 saturated heterocycles. The first-order valence-corrected chi connectivity index (χ1v) is 12.9. The number of halogens is 1. The molecule has 1 aromatic rings. The molecular weight excluding hydrogens is 476 g/mol. The minimum atomic E-state index is -0.886. The van der Waals surface area contributed by atoms with Crippen molar-refractivity contribution in [3.63, 3.8) is 0 Å². The maximum atomic E-state index is 14.1. The number of esters is 1. The molecule has 4 aliphatic rings. The molecule has 2 fully saturated rings. The number of ether oxygens (including phenoxy) is 1. The molecule has 7 nitrogen and oxygen atoms in total. The number of likely N-dealkylation sites (tertiary alicyclic amines) is 1. The van der Waals surface area contributed by atoms with Crippen LogP contribution in [0, 0.1) is 11.8 Å². The Hall–Kier alpha value is -2.29.